The number of amides is 2. The van der Waals surface area contributed by atoms with E-state index in [2.05, 4.69) is 31.4 Å². The van der Waals surface area contributed by atoms with Crippen molar-refractivity contribution in [1.29, 1.82) is 0 Å². The van der Waals surface area contributed by atoms with Crippen molar-refractivity contribution in [2.24, 2.45) is 0 Å². The summed E-state index contributed by atoms with van der Waals surface area (Å²) in [7, 11) is 0. The number of carbonyl (C=O) groups is 2. The standard InChI is InChI=1S/C19H24N2O4/c1-19(2,3)14-6-8-15(9-7-14)25-13-18(23)21-12-17(22)20-11-16-5-4-10-24-16/h4-10H,11-13H2,1-3H3,(H,20,22)(H,21,23). The Morgan fingerprint density at radius 2 is 1.76 bits per heavy atom. The SMILES string of the molecule is CC(C)(C)c1ccc(OCC(=O)NCC(=O)NCc2ccco2)cc1. The quantitative estimate of drug-likeness (QED) is 0.808. The van der Waals surface area contributed by atoms with Gasteiger partial charge in [-0.1, -0.05) is 32.9 Å². The van der Waals surface area contributed by atoms with Crippen LogP contribution >= 0.6 is 0 Å². The Labute approximate surface area is 147 Å². The second-order valence-corrected chi connectivity index (χ2v) is 6.70. The molecule has 0 spiro atoms. The molecule has 0 aliphatic heterocycles. The fourth-order valence-corrected chi connectivity index (χ4v) is 2.09. The maximum absolute atomic E-state index is 11.7. The molecule has 1 aromatic carbocycles. The third-order valence-corrected chi connectivity index (χ3v) is 3.58. The summed E-state index contributed by atoms with van der Waals surface area (Å²) in [5, 5.41) is 5.16. The average molecular weight is 344 g/mol. The summed E-state index contributed by atoms with van der Waals surface area (Å²) in [5.74, 6) is 0.625. The third-order valence-electron chi connectivity index (χ3n) is 3.58. The van der Waals surface area contributed by atoms with Gasteiger partial charge in [0, 0.05) is 0 Å². The Kier molecular flexibility index (Phi) is 6.22. The number of nitrogens with one attached hydrogen (secondary N) is 2. The first-order chi connectivity index (χ1) is 11.8. The zero-order valence-corrected chi connectivity index (χ0v) is 14.8. The molecule has 2 N–H and O–H groups in total. The Morgan fingerprint density at radius 1 is 1.04 bits per heavy atom. The van der Waals surface area contributed by atoms with Gasteiger partial charge in [-0.25, -0.2) is 0 Å². The van der Waals surface area contributed by atoms with Crippen molar-refractivity contribution >= 4 is 11.8 Å². The molecule has 0 bridgehead atoms. The van der Waals surface area contributed by atoms with E-state index in [1.54, 1.807) is 12.1 Å². The number of ether oxygens (including phenoxy) is 1. The van der Waals surface area contributed by atoms with Crippen molar-refractivity contribution < 1.29 is 18.7 Å². The van der Waals surface area contributed by atoms with Gasteiger partial charge in [-0.3, -0.25) is 9.59 Å². The summed E-state index contributed by atoms with van der Waals surface area (Å²) in [6.45, 7) is 6.44. The molecule has 2 rings (SSSR count). The van der Waals surface area contributed by atoms with E-state index in [4.69, 9.17) is 9.15 Å². The first kappa shape index (κ1) is 18.6. The van der Waals surface area contributed by atoms with Gasteiger partial charge in [-0.2, -0.15) is 0 Å². The predicted molar refractivity (Wildman–Crippen MR) is 94.2 cm³/mol. The molecule has 134 valence electrons. The fourth-order valence-electron chi connectivity index (χ4n) is 2.09. The maximum Gasteiger partial charge on any atom is 0.258 e. The van der Waals surface area contributed by atoms with E-state index in [1.165, 1.54) is 11.8 Å². The van der Waals surface area contributed by atoms with E-state index in [0.717, 1.165) is 0 Å². The first-order valence-corrected chi connectivity index (χ1v) is 8.14. The number of benzene rings is 1. The topological polar surface area (TPSA) is 80.6 Å². The van der Waals surface area contributed by atoms with E-state index < -0.39 is 0 Å². The zero-order chi connectivity index (χ0) is 18.3. The highest BCUT2D eigenvalue weighted by Gasteiger charge is 2.13. The molecule has 6 nitrogen and oxygen atoms in total. The number of furan rings is 1. The van der Waals surface area contributed by atoms with Crippen molar-refractivity contribution in [2.45, 2.75) is 32.7 Å². The highest BCUT2D eigenvalue weighted by molar-refractivity contribution is 5.85. The Bertz CT molecular complexity index is 685. The second-order valence-electron chi connectivity index (χ2n) is 6.70. The van der Waals surface area contributed by atoms with Crippen molar-refractivity contribution in [1.82, 2.24) is 10.6 Å². The normalized spacial score (nSPS) is 11.0. The molecule has 0 radical (unpaired) electrons. The molecule has 1 heterocycles. The van der Waals surface area contributed by atoms with E-state index in [-0.39, 0.29) is 30.4 Å². The smallest absolute Gasteiger partial charge is 0.258 e. The highest BCUT2D eigenvalue weighted by atomic mass is 16.5. The first-order valence-electron chi connectivity index (χ1n) is 8.14. The van der Waals surface area contributed by atoms with Crippen LogP contribution < -0.4 is 15.4 Å². The molecule has 0 saturated heterocycles. The minimum absolute atomic E-state index is 0.0684. The highest BCUT2D eigenvalue weighted by Crippen LogP contribution is 2.24. The Morgan fingerprint density at radius 3 is 2.36 bits per heavy atom. The number of carbonyl (C=O) groups excluding carboxylic acids is 2. The molecule has 0 atom stereocenters. The molecule has 25 heavy (non-hydrogen) atoms. The fraction of sp³-hybridized carbons (Fsp3) is 0.368. The van der Waals surface area contributed by atoms with E-state index in [0.29, 0.717) is 18.1 Å². The number of hydrogen-bond acceptors (Lipinski definition) is 4. The summed E-state index contributed by atoms with van der Waals surface area (Å²) in [6, 6.07) is 11.1. The van der Waals surface area contributed by atoms with Gasteiger partial charge in [-0.05, 0) is 35.2 Å². The lowest BCUT2D eigenvalue weighted by atomic mass is 9.87. The van der Waals surface area contributed by atoms with Crippen LogP contribution in [0.2, 0.25) is 0 Å². The van der Waals surface area contributed by atoms with Crippen molar-refractivity contribution in [2.75, 3.05) is 13.2 Å². The van der Waals surface area contributed by atoms with Crippen molar-refractivity contribution in [3.05, 3.63) is 54.0 Å². The lowest BCUT2D eigenvalue weighted by molar-refractivity contribution is -0.127. The number of hydrogen-bond donors (Lipinski definition) is 2. The van der Waals surface area contributed by atoms with E-state index in [9.17, 15) is 9.59 Å². The lowest BCUT2D eigenvalue weighted by Gasteiger charge is -2.19. The van der Waals surface area contributed by atoms with Crippen LogP contribution in [-0.2, 0) is 21.5 Å². The second kappa shape index (κ2) is 8.37. The largest absolute Gasteiger partial charge is 0.484 e. The van der Waals surface area contributed by atoms with Crippen LogP contribution in [-0.4, -0.2) is 25.0 Å². The van der Waals surface area contributed by atoms with Gasteiger partial charge in [0.2, 0.25) is 5.91 Å². The van der Waals surface area contributed by atoms with Crippen LogP contribution in [0.15, 0.2) is 47.1 Å². The van der Waals surface area contributed by atoms with Gasteiger partial charge in [0.15, 0.2) is 6.61 Å². The molecule has 0 aliphatic carbocycles. The van der Waals surface area contributed by atoms with Crippen molar-refractivity contribution in [3.63, 3.8) is 0 Å². The molecule has 0 saturated carbocycles. The van der Waals surface area contributed by atoms with Gasteiger partial charge >= 0.3 is 0 Å². The summed E-state index contributed by atoms with van der Waals surface area (Å²) in [6.07, 6.45) is 1.54. The minimum atomic E-state index is -0.354. The predicted octanol–water partition coefficient (Wildman–Crippen LogP) is 2.39. The van der Waals surface area contributed by atoms with E-state index >= 15 is 0 Å². The monoisotopic (exact) mass is 344 g/mol. The lowest BCUT2D eigenvalue weighted by Crippen LogP contribution is -2.38. The van der Waals surface area contributed by atoms with E-state index in [1.807, 2.05) is 24.3 Å². The molecule has 6 heteroatoms. The number of rotatable bonds is 7. The third kappa shape index (κ3) is 6.33. The Balaban J connectivity index is 1.67. The van der Waals surface area contributed by atoms with Crippen LogP contribution in [0.5, 0.6) is 5.75 Å². The summed E-state index contributed by atoms with van der Waals surface area (Å²) < 4.78 is 10.5. The van der Waals surface area contributed by atoms with Crippen LogP contribution in [0, 0.1) is 0 Å². The van der Waals surface area contributed by atoms with Gasteiger partial charge in [0.05, 0.1) is 19.4 Å². The van der Waals surface area contributed by atoms with Crippen LogP contribution in [0.1, 0.15) is 32.1 Å². The van der Waals surface area contributed by atoms with Gasteiger partial charge < -0.3 is 19.8 Å². The minimum Gasteiger partial charge on any atom is -0.484 e. The maximum atomic E-state index is 11.7. The Hall–Kier alpha value is -2.76. The molecular formula is C19H24N2O4. The van der Waals surface area contributed by atoms with Gasteiger partial charge in [0.25, 0.3) is 5.91 Å². The molecule has 0 fully saturated rings. The van der Waals surface area contributed by atoms with Gasteiger partial charge in [-0.15, -0.1) is 0 Å². The van der Waals surface area contributed by atoms with Gasteiger partial charge in [0.1, 0.15) is 11.5 Å². The molecule has 0 unspecified atom stereocenters. The molecule has 2 amide bonds. The molecular weight excluding hydrogens is 320 g/mol. The van der Waals surface area contributed by atoms with Crippen LogP contribution in [0.4, 0.5) is 0 Å². The molecule has 0 aliphatic rings. The average Bonchev–Trinajstić information content (AvgIpc) is 3.09. The molecule has 2 aromatic rings. The summed E-state index contributed by atoms with van der Waals surface area (Å²) in [5.41, 5.74) is 1.26. The summed E-state index contributed by atoms with van der Waals surface area (Å²) in [4.78, 5) is 23.4. The molecule has 1 aromatic heterocycles. The zero-order valence-electron chi connectivity index (χ0n) is 14.8. The van der Waals surface area contributed by atoms with Crippen LogP contribution in [0.25, 0.3) is 0 Å². The van der Waals surface area contributed by atoms with Crippen molar-refractivity contribution in [3.8, 4) is 5.75 Å². The summed E-state index contributed by atoms with van der Waals surface area (Å²) >= 11 is 0. The van der Waals surface area contributed by atoms with Crippen LogP contribution in [0.3, 0.4) is 0 Å².